The summed E-state index contributed by atoms with van der Waals surface area (Å²) in [6.45, 7) is 5.00. The minimum atomic E-state index is -0.0488. The van der Waals surface area contributed by atoms with Crippen LogP contribution in [-0.4, -0.2) is 23.7 Å². The number of hydrogen-bond donors (Lipinski definition) is 2. The molecular weight excluding hydrogens is 266 g/mol. The number of esters is 1. The van der Waals surface area contributed by atoms with Crippen molar-refractivity contribution in [2.45, 2.75) is 52.1 Å². The predicted molar refractivity (Wildman–Crippen MR) is 82.1 cm³/mol. The van der Waals surface area contributed by atoms with Crippen molar-refractivity contribution in [1.82, 2.24) is 5.32 Å². The minimum Gasteiger partial charge on any atom is -0.508 e. The summed E-state index contributed by atoms with van der Waals surface area (Å²) in [7, 11) is 0. The third-order valence-corrected chi connectivity index (χ3v) is 4.16. The molecule has 0 atom stereocenters. The molecule has 116 valence electrons. The van der Waals surface area contributed by atoms with E-state index in [4.69, 9.17) is 4.74 Å². The van der Waals surface area contributed by atoms with Crippen LogP contribution >= 0.6 is 0 Å². The second-order valence-corrected chi connectivity index (χ2v) is 5.81. The SMILES string of the molecule is CCOC(=O)C1CCC(NCc2cc(C)ccc2O)CC1. The first-order valence-electron chi connectivity index (χ1n) is 7.78. The van der Waals surface area contributed by atoms with Gasteiger partial charge in [0.25, 0.3) is 0 Å². The van der Waals surface area contributed by atoms with E-state index in [9.17, 15) is 9.90 Å². The van der Waals surface area contributed by atoms with Crippen molar-refractivity contribution in [2.24, 2.45) is 5.92 Å². The Morgan fingerprint density at radius 2 is 2.05 bits per heavy atom. The standard InChI is InChI=1S/C17H25NO3/c1-3-21-17(20)13-5-7-15(8-6-13)18-11-14-10-12(2)4-9-16(14)19/h4,9-10,13,15,18-19H,3,5-8,11H2,1-2H3. The zero-order valence-corrected chi connectivity index (χ0v) is 12.9. The molecule has 0 unspecified atom stereocenters. The molecule has 2 rings (SSSR count). The zero-order chi connectivity index (χ0) is 15.2. The molecule has 1 aromatic carbocycles. The fourth-order valence-corrected chi connectivity index (χ4v) is 2.90. The fourth-order valence-electron chi connectivity index (χ4n) is 2.90. The number of carbonyl (C=O) groups excluding carboxylic acids is 1. The van der Waals surface area contributed by atoms with Crippen molar-refractivity contribution in [2.75, 3.05) is 6.61 Å². The van der Waals surface area contributed by atoms with E-state index in [0.29, 0.717) is 24.9 Å². The van der Waals surface area contributed by atoms with Gasteiger partial charge in [-0.15, -0.1) is 0 Å². The quantitative estimate of drug-likeness (QED) is 0.819. The van der Waals surface area contributed by atoms with Crippen LogP contribution in [0.25, 0.3) is 0 Å². The number of phenols is 1. The number of ether oxygens (including phenoxy) is 1. The highest BCUT2D eigenvalue weighted by Gasteiger charge is 2.26. The molecule has 0 heterocycles. The average Bonchev–Trinajstić information content (AvgIpc) is 2.49. The van der Waals surface area contributed by atoms with Gasteiger partial charge in [0.2, 0.25) is 0 Å². The molecule has 1 saturated carbocycles. The highest BCUT2D eigenvalue weighted by molar-refractivity contribution is 5.72. The topological polar surface area (TPSA) is 58.6 Å². The number of nitrogens with one attached hydrogen (secondary N) is 1. The molecule has 4 nitrogen and oxygen atoms in total. The summed E-state index contributed by atoms with van der Waals surface area (Å²) in [4.78, 5) is 11.7. The second-order valence-electron chi connectivity index (χ2n) is 5.81. The van der Waals surface area contributed by atoms with Crippen molar-refractivity contribution in [3.63, 3.8) is 0 Å². The van der Waals surface area contributed by atoms with E-state index in [1.807, 2.05) is 26.0 Å². The third-order valence-electron chi connectivity index (χ3n) is 4.16. The summed E-state index contributed by atoms with van der Waals surface area (Å²) in [6, 6.07) is 6.07. The maximum atomic E-state index is 11.7. The van der Waals surface area contributed by atoms with E-state index in [0.717, 1.165) is 36.8 Å². The Hall–Kier alpha value is -1.55. The number of aromatic hydroxyl groups is 1. The van der Waals surface area contributed by atoms with Crippen LogP contribution in [0.5, 0.6) is 5.75 Å². The van der Waals surface area contributed by atoms with Crippen molar-refractivity contribution in [3.8, 4) is 5.75 Å². The van der Waals surface area contributed by atoms with Crippen LogP contribution in [0.4, 0.5) is 0 Å². The fraction of sp³-hybridized carbons (Fsp3) is 0.588. The summed E-state index contributed by atoms with van der Waals surface area (Å²) >= 11 is 0. The van der Waals surface area contributed by atoms with Gasteiger partial charge in [0, 0.05) is 18.2 Å². The predicted octanol–water partition coefficient (Wildman–Crippen LogP) is 2.91. The maximum absolute atomic E-state index is 11.7. The summed E-state index contributed by atoms with van der Waals surface area (Å²) < 4.78 is 5.08. The Morgan fingerprint density at radius 3 is 2.71 bits per heavy atom. The Balaban J connectivity index is 1.79. The molecular formula is C17H25NO3. The second kappa shape index (κ2) is 7.46. The Kier molecular flexibility index (Phi) is 5.62. The Morgan fingerprint density at radius 1 is 1.33 bits per heavy atom. The van der Waals surface area contributed by atoms with E-state index < -0.39 is 0 Å². The van der Waals surface area contributed by atoms with Gasteiger partial charge in [-0.05, 0) is 45.6 Å². The van der Waals surface area contributed by atoms with Gasteiger partial charge in [-0.2, -0.15) is 0 Å². The molecule has 0 amide bonds. The molecule has 0 radical (unpaired) electrons. The van der Waals surface area contributed by atoms with Crippen LogP contribution in [0.3, 0.4) is 0 Å². The Bertz CT molecular complexity index is 479. The molecule has 0 aromatic heterocycles. The lowest BCUT2D eigenvalue weighted by molar-refractivity contribution is -0.149. The van der Waals surface area contributed by atoms with E-state index in [2.05, 4.69) is 5.32 Å². The van der Waals surface area contributed by atoms with Gasteiger partial charge in [0.15, 0.2) is 0 Å². The summed E-state index contributed by atoms with van der Waals surface area (Å²) in [5.74, 6) is 0.357. The highest BCUT2D eigenvalue weighted by atomic mass is 16.5. The van der Waals surface area contributed by atoms with Gasteiger partial charge in [-0.1, -0.05) is 17.7 Å². The number of aryl methyl sites for hydroxylation is 1. The number of carbonyl (C=O) groups is 1. The first-order chi connectivity index (χ1) is 10.1. The van der Waals surface area contributed by atoms with Crippen molar-refractivity contribution < 1.29 is 14.6 Å². The van der Waals surface area contributed by atoms with Gasteiger partial charge < -0.3 is 15.2 Å². The number of rotatable bonds is 5. The maximum Gasteiger partial charge on any atom is 0.308 e. The van der Waals surface area contributed by atoms with E-state index in [-0.39, 0.29) is 11.9 Å². The van der Waals surface area contributed by atoms with Crippen molar-refractivity contribution in [3.05, 3.63) is 29.3 Å². The largest absolute Gasteiger partial charge is 0.508 e. The van der Waals surface area contributed by atoms with Gasteiger partial charge >= 0.3 is 5.97 Å². The van der Waals surface area contributed by atoms with Crippen LogP contribution < -0.4 is 5.32 Å². The van der Waals surface area contributed by atoms with E-state index >= 15 is 0 Å². The normalized spacial score (nSPS) is 22.0. The summed E-state index contributed by atoms with van der Waals surface area (Å²) in [6.07, 6.45) is 3.73. The van der Waals surface area contributed by atoms with Gasteiger partial charge in [-0.3, -0.25) is 4.79 Å². The molecule has 4 heteroatoms. The molecule has 1 fully saturated rings. The first-order valence-corrected chi connectivity index (χ1v) is 7.78. The lowest BCUT2D eigenvalue weighted by Gasteiger charge is -2.28. The van der Waals surface area contributed by atoms with Crippen LogP contribution in [0.15, 0.2) is 18.2 Å². The minimum absolute atomic E-state index is 0.0488. The number of hydrogen-bond acceptors (Lipinski definition) is 4. The number of phenolic OH excluding ortho intramolecular Hbond substituents is 1. The molecule has 1 aliphatic rings. The molecule has 2 N–H and O–H groups in total. The first kappa shape index (κ1) is 15.8. The molecule has 1 aliphatic carbocycles. The smallest absolute Gasteiger partial charge is 0.308 e. The molecule has 1 aromatic rings. The highest BCUT2D eigenvalue weighted by Crippen LogP contribution is 2.26. The van der Waals surface area contributed by atoms with Gasteiger partial charge in [-0.25, -0.2) is 0 Å². The molecule has 0 spiro atoms. The number of benzene rings is 1. The van der Waals surface area contributed by atoms with E-state index in [1.54, 1.807) is 6.07 Å². The summed E-state index contributed by atoms with van der Waals surface area (Å²) in [5.41, 5.74) is 2.08. The molecule has 21 heavy (non-hydrogen) atoms. The van der Waals surface area contributed by atoms with Crippen LogP contribution in [-0.2, 0) is 16.1 Å². The molecule has 0 aliphatic heterocycles. The van der Waals surface area contributed by atoms with Crippen molar-refractivity contribution >= 4 is 5.97 Å². The Labute approximate surface area is 126 Å². The summed E-state index contributed by atoms with van der Waals surface area (Å²) in [5, 5.41) is 13.3. The van der Waals surface area contributed by atoms with Crippen LogP contribution in [0, 0.1) is 12.8 Å². The van der Waals surface area contributed by atoms with Crippen LogP contribution in [0.1, 0.15) is 43.7 Å². The van der Waals surface area contributed by atoms with Crippen LogP contribution in [0.2, 0.25) is 0 Å². The average molecular weight is 291 g/mol. The lowest BCUT2D eigenvalue weighted by Crippen LogP contribution is -2.35. The monoisotopic (exact) mass is 291 g/mol. The van der Waals surface area contributed by atoms with Gasteiger partial charge in [0.05, 0.1) is 12.5 Å². The lowest BCUT2D eigenvalue weighted by atomic mass is 9.86. The third kappa shape index (κ3) is 4.46. The van der Waals surface area contributed by atoms with Gasteiger partial charge in [0.1, 0.15) is 5.75 Å². The van der Waals surface area contributed by atoms with E-state index in [1.165, 1.54) is 0 Å². The zero-order valence-electron chi connectivity index (χ0n) is 12.9. The molecule has 0 bridgehead atoms. The molecule has 0 saturated heterocycles. The van der Waals surface area contributed by atoms with Crippen molar-refractivity contribution in [1.29, 1.82) is 0 Å².